The maximum absolute atomic E-state index is 6.24. The Morgan fingerprint density at radius 3 is 2.78 bits per heavy atom. The molecule has 0 radical (unpaired) electrons. The summed E-state index contributed by atoms with van der Waals surface area (Å²) in [6.45, 7) is 0. The van der Waals surface area contributed by atoms with Crippen LogP contribution in [0.25, 0.3) is 43.5 Å². The molecule has 2 aliphatic carbocycles. The van der Waals surface area contributed by atoms with Crippen LogP contribution in [0.1, 0.15) is 38.1 Å². The third-order valence-corrected chi connectivity index (χ3v) is 8.31. The number of nitrogens with zero attached hydrogens (tertiary/aromatic N) is 4. The quantitative estimate of drug-likeness (QED) is 0.355. The van der Waals surface area contributed by atoms with Crippen molar-refractivity contribution in [3.8, 4) is 22.5 Å². The fourth-order valence-corrected chi connectivity index (χ4v) is 6.76. The van der Waals surface area contributed by atoms with E-state index in [1.165, 1.54) is 32.1 Å². The summed E-state index contributed by atoms with van der Waals surface area (Å²) < 4.78 is 9.56. The summed E-state index contributed by atoms with van der Waals surface area (Å²) >= 11 is 1.67. The van der Waals surface area contributed by atoms with Crippen LogP contribution < -0.4 is 5.73 Å². The molecule has 0 amide bonds. The number of thiophene rings is 1. The van der Waals surface area contributed by atoms with E-state index in [1.807, 2.05) is 30.9 Å². The van der Waals surface area contributed by atoms with Crippen molar-refractivity contribution in [2.24, 2.45) is 11.8 Å². The predicted octanol–water partition coefficient (Wildman–Crippen LogP) is 6.30. The summed E-state index contributed by atoms with van der Waals surface area (Å²) in [5.74, 6) is 2.97. The summed E-state index contributed by atoms with van der Waals surface area (Å²) in [5.41, 5.74) is 9.97. The van der Waals surface area contributed by atoms with E-state index in [0.717, 1.165) is 49.8 Å². The summed E-state index contributed by atoms with van der Waals surface area (Å²) in [6.07, 6.45) is 16.4. The minimum Gasteiger partial charge on any atom is -0.452 e. The van der Waals surface area contributed by atoms with E-state index in [1.54, 1.807) is 11.3 Å². The van der Waals surface area contributed by atoms with Gasteiger partial charge in [-0.15, -0.1) is 11.3 Å². The molecule has 0 saturated heterocycles. The highest BCUT2D eigenvalue weighted by Crippen LogP contribution is 2.47. The molecule has 1 unspecified atom stereocenters. The van der Waals surface area contributed by atoms with Gasteiger partial charge in [0.1, 0.15) is 5.76 Å². The van der Waals surface area contributed by atoms with E-state index >= 15 is 0 Å². The molecule has 32 heavy (non-hydrogen) atoms. The largest absolute Gasteiger partial charge is 0.452 e. The number of nitrogen functional groups attached to an aromatic ring is 1. The molecule has 5 heterocycles. The summed E-state index contributed by atoms with van der Waals surface area (Å²) in [7, 11) is 0. The van der Waals surface area contributed by atoms with Gasteiger partial charge in [0, 0.05) is 57.6 Å². The molecule has 7 heteroatoms. The second kappa shape index (κ2) is 6.90. The van der Waals surface area contributed by atoms with Crippen LogP contribution in [0.2, 0.25) is 0 Å². The average Bonchev–Trinajstić information content (AvgIpc) is 3.59. The lowest BCUT2D eigenvalue weighted by Gasteiger charge is -2.27. The molecule has 0 spiro atoms. The number of pyridine rings is 2. The molecule has 2 bridgehead atoms. The standard InChI is InChI=1S/C25H23N5OS/c26-25-24-19(8-22(31-24)21-13-32-23-11-27-4-3-18(21)23)20(10-28-25)16-9-29-30(12-16)17-6-14-1-2-15(5-14)7-17/h3-4,8-15,17H,1-2,5-7H2,(H2,26,28)/t14-,15+,17?. The van der Waals surface area contributed by atoms with Crippen LogP contribution in [0.4, 0.5) is 5.82 Å². The Morgan fingerprint density at radius 1 is 1.03 bits per heavy atom. The third kappa shape index (κ3) is 2.80. The molecular formula is C25H23N5OS. The highest BCUT2D eigenvalue weighted by molar-refractivity contribution is 7.17. The van der Waals surface area contributed by atoms with Gasteiger partial charge < -0.3 is 10.2 Å². The van der Waals surface area contributed by atoms with E-state index in [9.17, 15) is 0 Å². The second-order valence-corrected chi connectivity index (χ2v) is 10.2. The molecule has 2 N–H and O–H groups in total. The van der Waals surface area contributed by atoms with Gasteiger partial charge in [-0.3, -0.25) is 9.67 Å². The van der Waals surface area contributed by atoms with E-state index in [0.29, 0.717) is 17.4 Å². The molecule has 0 aliphatic heterocycles. The Hall–Kier alpha value is -3.19. The van der Waals surface area contributed by atoms with Crippen LogP contribution >= 0.6 is 11.3 Å². The molecule has 5 aromatic rings. The Morgan fingerprint density at radius 2 is 1.91 bits per heavy atom. The first-order chi connectivity index (χ1) is 15.7. The Balaban J connectivity index is 1.31. The Kier molecular flexibility index (Phi) is 3.97. The summed E-state index contributed by atoms with van der Waals surface area (Å²) in [5, 5.41) is 8.99. The van der Waals surface area contributed by atoms with Crippen LogP contribution in [0.5, 0.6) is 0 Å². The van der Waals surface area contributed by atoms with Crippen molar-refractivity contribution in [2.45, 2.75) is 38.1 Å². The minimum absolute atomic E-state index is 0.410. The van der Waals surface area contributed by atoms with Crippen molar-refractivity contribution in [3.63, 3.8) is 0 Å². The van der Waals surface area contributed by atoms with Gasteiger partial charge >= 0.3 is 0 Å². The van der Waals surface area contributed by atoms with Crippen LogP contribution in [-0.2, 0) is 0 Å². The molecule has 0 aromatic carbocycles. The fourth-order valence-electron chi connectivity index (χ4n) is 5.84. The topological polar surface area (TPSA) is 82.8 Å². The van der Waals surface area contributed by atoms with Crippen molar-refractivity contribution in [2.75, 3.05) is 5.73 Å². The maximum Gasteiger partial charge on any atom is 0.177 e. The number of furan rings is 1. The fraction of sp³-hybridized carbons (Fsp3) is 0.320. The van der Waals surface area contributed by atoms with E-state index < -0.39 is 0 Å². The lowest BCUT2D eigenvalue weighted by Crippen LogP contribution is -2.19. The molecule has 160 valence electrons. The zero-order valence-electron chi connectivity index (χ0n) is 17.6. The first kappa shape index (κ1) is 18.4. The van der Waals surface area contributed by atoms with Crippen molar-refractivity contribution < 1.29 is 4.42 Å². The smallest absolute Gasteiger partial charge is 0.177 e. The number of fused-ring (bicyclic) bond motifs is 4. The normalized spacial score (nSPS) is 22.8. The van der Waals surface area contributed by atoms with Crippen LogP contribution in [0.15, 0.2) is 52.9 Å². The molecule has 2 saturated carbocycles. The van der Waals surface area contributed by atoms with Gasteiger partial charge in [0.25, 0.3) is 0 Å². The number of hydrogen-bond donors (Lipinski definition) is 1. The summed E-state index contributed by atoms with van der Waals surface area (Å²) in [4.78, 5) is 8.66. The van der Waals surface area contributed by atoms with Crippen LogP contribution in [0.3, 0.4) is 0 Å². The number of hydrogen-bond acceptors (Lipinski definition) is 6. The number of rotatable bonds is 3. The zero-order valence-corrected chi connectivity index (χ0v) is 18.4. The van der Waals surface area contributed by atoms with E-state index in [2.05, 4.69) is 32.3 Å². The average molecular weight is 442 g/mol. The second-order valence-electron chi connectivity index (χ2n) is 9.31. The van der Waals surface area contributed by atoms with Crippen LogP contribution in [-0.4, -0.2) is 19.7 Å². The Bertz CT molecular complexity index is 1450. The van der Waals surface area contributed by atoms with Crippen molar-refractivity contribution in [1.82, 2.24) is 19.7 Å². The van der Waals surface area contributed by atoms with Gasteiger partial charge in [-0.25, -0.2) is 4.98 Å². The lowest BCUT2D eigenvalue weighted by molar-refractivity contribution is 0.247. The van der Waals surface area contributed by atoms with Gasteiger partial charge in [0.05, 0.1) is 16.9 Å². The molecule has 2 fully saturated rings. The molecule has 5 aromatic heterocycles. The van der Waals surface area contributed by atoms with Gasteiger partial charge in [-0.1, -0.05) is 12.8 Å². The number of aromatic nitrogens is 4. The van der Waals surface area contributed by atoms with E-state index in [4.69, 9.17) is 15.2 Å². The van der Waals surface area contributed by atoms with Gasteiger partial charge in [0.15, 0.2) is 11.4 Å². The molecule has 2 aliphatic rings. The van der Waals surface area contributed by atoms with E-state index in [-0.39, 0.29) is 0 Å². The third-order valence-electron chi connectivity index (χ3n) is 7.38. The predicted molar refractivity (Wildman–Crippen MR) is 127 cm³/mol. The van der Waals surface area contributed by atoms with Crippen molar-refractivity contribution in [1.29, 1.82) is 0 Å². The van der Waals surface area contributed by atoms with Gasteiger partial charge in [-0.05, 0) is 43.2 Å². The molecule has 3 atom stereocenters. The molecule has 6 nitrogen and oxygen atoms in total. The molecule has 7 rings (SSSR count). The minimum atomic E-state index is 0.410. The SMILES string of the molecule is Nc1ncc(-c2cnn(C3C[C@H]4CC[C@@H](C3)C4)c2)c2cc(-c3csc4cnccc34)oc12. The Labute approximate surface area is 189 Å². The lowest BCUT2D eigenvalue weighted by atomic mass is 9.85. The first-order valence-electron chi connectivity index (χ1n) is 11.3. The molecular weight excluding hydrogens is 418 g/mol. The highest BCUT2D eigenvalue weighted by Gasteiger charge is 2.35. The zero-order chi connectivity index (χ0) is 21.2. The van der Waals surface area contributed by atoms with Crippen LogP contribution in [0, 0.1) is 11.8 Å². The maximum atomic E-state index is 6.24. The summed E-state index contributed by atoms with van der Waals surface area (Å²) in [6, 6.07) is 4.62. The van der Waals surface area contributed by atoms with Gasteiger partial charge in [0.2, 0.25) is 0 Å². The van der Waals surface area contributed by atoms with Crippen molar-refractivity contribution in [3.05, 3.63) is 48.5 Å². The highest BCUT2D eigenvalue weighted by atomic mass is 32.1. The monoisotopic (exact) mass is 441 g/mol. The first-order valence-corrected chi connectivity index (χ1v) is 12.1. The van der Waals surface area contributed by atoms with Crippen molar-refractivity contribution >= 4 is 38.2 Å². The number of nitrogens with two attached hydrogens (primary N) is 1. The van der Waals surface area contributed by atoms with Gasteiger partial charge in [-0.2, -0.15) is 5.10 Å². The number of anilines is 1.